The lowest BCUT2D eigenvalue weighted by molar-refractivity contribution is 0.0932. The molecule has 6 nitrogen and oxygen atoms in total. The van der Waals surface area contributed by atoms with Crippen molar-refractivity contribution in [3.63, 3.8) is 0 Å². The maximum absolute atomic E-state index is 13.3. The van der Waals surface area contributed by atoms with Crippen LogP contribution in [-0.4, -0.2) is 22.8 Å². The van der Waals surface area contributed by atoms with Gasteiger partial charge >= 0.3 is 0 Å². The zero-order chi connectivity index (χ0) is 21.6. The van der Waals surface area contributed by atoms with Crippen molar-refractivity contribution in [2.75, 3.05) is 7.11 Å². The van der Waals surface area contributed by atoms with E-state index in [1.807, 2.05) is 66.7 Å². The van der Waals surface area contributed by atoms with Crippen LogP contribution in [0.4, 0.5) is 0 Å². The quantitative estimate of drug-likeness (QED) is 0.524. The highest BCUT2D eigenvalue weighted by Gasteiger charge is 2.23. The van der Waals surface area contributed by atoms with Crippen LogP contribution >= 0.6 is 0 Å². The number of nitrogens with one attached hydrogen (secondary N) is 1. The maximum Gasteiger partial charge on any atom is 0.276 e. The van der Waals surface area contributed by atoms with E-state index in [0.717, 1.165) is 11.1 Å². The number of nitrogens with zero attached hydrogens (tertiary/aromatic N) is 2. The normalized spacial score (nSPS) is 10.6. The topological polar surface area (TPSA) is 73.2 Å². The Kier molecular flexibility index (Phi) is 5.89. The first kappa shape index (κ1) is 20.1. The number of para-hydroxylation sites is 1. The van der Waals surface area contributed by atoms with Crippen molar-refractivity contribution >= 4 is 5.91 Å². The molecule has 4 rings (SSSR count). The highest BCUT2D eigenvalue weighted by atomic mass is 16.5. The molecule has 0 radical (unpaired) electrons. The lowest BCUT2D eigenvalue weighted by atomic mass is 9.98. The van der Waals surface area contributed by atoms with Crippen molar-refractivity contribution in [1.82, 2.24) is 15.1 Å². The molecule has 3 aromatic carbocycles. The molecule has 0 atom stereocenters. The SMILES string of the molecule is COc1cc(=O)n(-c2ccccc2)nc1C(=O)NC(c1ccccc1)c1ccccc1. The molecule has 1 amide bonds. The van der Waals surface area contributed by atoms with Crippen LogP contribution < -0.4 is 15.6 Å². The average molecular weight is 411 g/mol. The van der Waals surface area contributed by atoms with E-state index in [0.29, 0.717) is 5.69 Å². The lowest BCUT2D eigenvalue weighted by Crippen LogP contribution is -2.33. The Bertz CT molecular complexity index is 1180. The van der Waals surface area contributed by atoms with E-state index >= 15 is 0 Å². The Balaban J connectivity index is 1.75. The van der Waals surface area contributed by atoms with Crippen molar-refractivity contribution in [2.24, 2.45) is 0 Å². The summed E-state index contributed by atoms with van der Waals surface area (Å²) in [5.41, 5.74) is 2.06. The predicted octanol–water partition coefficient (Wildman–Crippen LogP) is 3.76. The van der Waals surface area contributed by atoms with Gasteiger partial charge in [0.05, 0.1) is 24.9 Å². The van der Waals surface area contributed by atoms with Gasteiger partial charge in [-0.15, -0.1) is 0 Å². The van der Waals surface area contributed by atoms with Gasteiger partial charge in [0.1, 0.15) is 0 Å². The van der Waals surface area contributed by atoms with Gasteiger partial charge in [0.25, 0.3) is 11.5 Å². The van der Waals surface area contributed by atoms with Crippen molar-refractivity contribution < 1.29 is 9.53 Å². The van der Waals surface area contributed by atoms with Crippen molar-refractivity contribution in [3.8, 4) is 11.4 Å². The third kappa shape index (κ3) is 4.38. The van der Waals surface area contributed by atoms with Crippen LogP contribution in [0.25, 0.3) is 5.69 Å². The molecular formula is C25H21N3O3. The van der Waals surface area contributed by atoms with Crippen LogP contribution in [0.3, 0.4) is 0 Å². The largest absolute Gasteiger partial charge is 0.494 e. The van der Waals surface area contributed by atoms with Gasteiger partial charge < -0.3 is 10.1 Å². The van der Waals surface area contributed by atoms with Gasteiger partial charge in [-0.1, -0.05) is 78.9 Å². The molecule has 0 saturated carbocycles. The summed E-state index contributed by atoms with van der Waals surface area (Å²) in [6, 6.07) is 29.2. The Morgan fingerprint density at radius 3 is 1.90 bits per heavy atom. The second kappa shape index (κ2) is 9.09. The molecule has 1 N–H and O–H groups in total. The number of rotatable bonds is 6. The lowest BCUT2D eigenvalue weighted by Gasteiger charge is -2.20. The minimum absolute atomic E-state index is 0.0304. The fourth-order valence-electron chi connectivity index (χ4n) is 3.36. The molecule has 0 unspecified atom stereocenters. The molecule has 0 aliphatic heterocycles. The highest BCUT2D eigenvalue weighted by molar-refractivity contribution is 5.95. The molecule has 1 heterocycles. The molecule has 0 aliphatic carbocycles. The molecule has 0 fully saturated rings. The van der Waals surface area contributed by atoms with Crippen LogP contribution in [0, 0.1) is 0 Å². The Labute approximate surface area is 179 Å². The third-order valence-corrected chi connectivity index (χ3v) is 4.87. The zero-order valence-corrected chi connectivity index (χ0v) is 16.9. The van der Waals surface area contributed by atoms with E-state index in [-0.39, 0.29) is 17.0 Å². The highest BCUT2D eigenvalue weighted by Crippen LogP contribution is 2.23. The Morgan fingerprint density at radius 1 is 0.871 bits per heavy atom. The number of carbonyl (C=O) groups is 1. The second-order valence-electron chi connectivity index (χ2n) is 6.87. The van der Waals surface area contributed by atoms with Crippen LogP contribution in [0.15, 0.2) is 102 Å². The molecule has 154 valence electrons. The fourth-order valence-corrected chi connectivity index (χ4v) is 3.36. The molecule has 1 aromatic heterocycles. The van der Waals surface area contributed by atoms with Crippen LogP contribution in [-0.2, 0) is 0 Å². The molecule has 0 spiro atoms. The molecule has 4 aromatic rings. The molecular weight excluding hydrogens is 390 g/mol. The van der Waals surface area contributed by atoms with Gasteiger partial charge in [-0.05, 0) is 23.3 Å². The number of amides is 1. The summed E-state index contributed by atoms with van der Waals surface area (Å²) >= 11 is 0. The first-order chi connectivity index (χ1) is 15.2. The summed E-state index contributed by atoms with van der Waals surface area (Å²) in [4.78, 5) is 25.8. The number of aromatic nitrogens is 2. The Morgan fingerprint density at radius 2 is 1.39 bits per heavy atom. The van der Waals surface area contributed by atoms with Gasteiger partial charge in [-0.2, -0.15) is 9.78 Å². The monoisotopic (exact) mass is 411 g/mol. The molecule has 31 heavy (non-hydrogen) atoms. The first-order valence-electron chi connectivity index (χ1n) is 9.82. The average Bonchev–Trinajstić information content (AvgIpc) is 2.83. The standard InChI is InChI=1S/C25H21N3O3/c1-31-21-17-22(29)28(20-15-9-4-10-16-20)27-24(21)25(30)26-23(18-11-5-2-6-12-18)19-13-7-3-8-14-19/h2-17,23H,1H3,(H,26,30). The second-order valence-corrected chi connectivity index (χ2v) is 6.87. The fraction of sp³-hybridized carbons (Fsp3) is 0.0800. The summed E-state index contributed by atoms with van der Waals surface area (Å²) in [5.74, 6) is -0.325. The van der Waals surface area contributed by atoms with Crippen LogP contribution in [0.5, 0.6) is 5.75 Å². The van der Waals surface area contributed by atoms with Gasteiger partial charge in [-0.25, -0.2) is 0 Å². The van der Waals surface area contributed by atoms with Gasteiger partial charge in [-0.3, -0.25) is 9.59 Å². The Hall–Kier alpha value is -4.19. The predicted molar refractivity (Wildman–Crippen MR) is 119 cm³/mol. The summed E-state index contributed by atoms with van der Waals surface area (Å²) < 4.78 is 6.49. The van der Waals surface area contributed by atoms with Crippen molar-refractivity contribution in [1.29, 1.82) is 0 Å². The van der Waals surface area contributed by atoms with Gasteiger partial charge in [0.2, 0.25) is 0 Å². The number of benzene rings is 3. The number of methoxy groups -OCH3 is 1. The number of carbonyl (C=O) groups excluding carboxylic acids is 1. The van der Waals surface area contributed by atoms with E-state index in [2.05, 4.69) is 10.4 Å². The van der Waals surface area contributed by atoms with Crippen molar-refractivity contribution in [3.05, 3.63) is 124 Å². The summed E-state index contributed by atoms with van der Waals surface area (Å²) in [7, 11) is 1.41. The molecule has 0 saturated heterocycles. The van der Waals surface area contributed by atoms with E-state index in [1.165, 1.54) is 17.9 Å². The van der Waals surface area contributed by atoms with Crippen molar-refractivity contribution in [2.45, 2.75) is 6.04 Å². The molecule has 0 aliphatic rings. The third-order valence-electron chi connectivity index (χ3n) is 4.87. The number of hydrogen-bond acceptors (Lipinski definition) is 4. The summed E-state index contributed by atoms with van der Waals surface area (Å²) in [6.07, 6.45) is 0. The number of hydrogen-bond donors (Lipinski definition) is 1. The summed E-state index contributed by atoms with van der Waals surface area (Å²) in [6.45, 7) is 0. The van der Waals surface area contributed by atoms with Gasteiger partial charge in [0, 0.05) is 0 Å². The smallest absolute Gasteiger partial charge is 0.276 e. The first-order valence-corrected chi connectivity index (χ1v) is 9.82. The van der Waals surface area contributed by atoms with Crippen LogP contribution in [0.1, 0.15) is 27.7 Å². The molecule has 6 heteroatoms. The maximum atomic E-state index is 13.3. The van der Waals surface area contributed by atoms with E-state index in [4.69, 9.17) is 4.74 Å². The minimum Gasteiger partial charge on any atom is -0.494 e. The van der Waals surface area contributed by atoms with E-state index in [1.54, 1.807) is 24.3 Å². The summed E-state index contributed by atoms with van der Waals surface area (Å²) in [5, 5.41) is 7.36. The zero-order valence-electron chi connectivity index (χ0n) is 16.9. The van der Waals surface area contributed by atoms with E-state index < -0.39 is 11.9 Å². The van der Waals surface area contributed by atoms with Gasteiger partial charge in [0.15, 0.2) is 11.4 Å². The van der Waals surface area contributed by atoms with Crippen LogP contribution in [0.2, 0.25) is 0 Å². The number of ether oxygens (including phenoxy) is 1. The minimum atomic E-state index is -0.445. The molecule has 0 bridgehead atoms. The van der Waals surface area contributed by atoms with E-state index in [9.17, 15) is 9.59 Å².